The van der Waals surface area contributed by atoms with Gasteiger partial charge in [0.05, 0.1) is 11.1 Å². The molecule has 4 rings (SSSR count). The minimum absolute atomic E-state index is 0.126. The quantitative estimate of drug-likeness (QED) is 0.804. The molecule has 4 heteroatoms. The number of fused-ring (bicyclic) bond motifs is 1. The molecule has 2 aromatic carbocycles. The fraction of sp³-hybridized carbons (Fsp3) is 0.348. The van der Waals surface area contributed by atoms with E-state index in [1.165, 1.54) is 12.8 Å². The van der Waals surface area contributed by atoms with Gasteiger partial charge in [-0.1, -0.05) is 36.2 Å². The average molecular weight is 363 g/mol. The van der Waals surface area contributed by atoms with Crippen molar-refractivity contribution in [2.75, 3.05) is 6.54 Å². The lowest BCUT2D eigenvalue weighted by Gasteiger charge is -2.33. The van der Waals surface area contributed by atoms with Gasteiger partial charge in [-0.2, -0.15) is 0 Å². The van der Waals surface area contributed by atoms with Crippen molar-refractivity contribution >= 4 is 11.9 Å². The maximum atomic E-state index is 12.8. The van der Waals surface area contributed by atoms with E-state index in [4.69, 9.17) is 4.74 Å². The summed E-state index contributed by atoms with van der Waals surface area (Å²) in [5, 5.41) is 10.5. The summed E-state index contributed by atoms with van der Waals surface area (Å²) in [4.78, 5) is 15.2. The van der Waals surface area contributed by atoms with Crippen LogP contribution in [0, 0.1) is 6.92 Å². The maximum absolute atomic E-state index is 12.8. The van der Waals surface area contributed by atoms with Crippen molar-refractivity contribution < 1.29 is 14.6 Å². The Balaban J connectivity index is 1.66. The van der Waals surface area contributed by atoms with Crippen LogP contribution in [0.1, 0.15) is 53.2 Å². The molecule has 0 aliphatic carbocycles. The molecule has 0 radical (unpaired) electrons. The first-order chi connectivity index (χ1) is 13.0. The number of piperidine rings is 1. The second-order valence-corrected chi connectivity index (χ2v) is 7.61. The lowest BCUT2D eigenvalue weighted by atomic mass is 10.0. The van der Waals surface area contributed by atoms with Gasteiger partial charge >= 0.3 is 0 Å². The van der Waals surface area contributed by atoms with Crippen LogP contribution in [0.4, 0.5) is 0 Å². The third-order valence-corrected chi connectivity index (χ3v) is 5.56. The molecular weight excluding hydrogens is 338 g/mol. The molecule has 1 unspecified atom stereocenters. The van der Waals surface area contributed by atoms with Gasteiger partial charge in [-0.15, -0.1) is 0 Å². The summed E-state index contributed by atoms with van der Waals surface area (Å²) in [5.41, 5.74) is 3.31. The van der Waals surface area contributed by atoms with Gasteiger partial charge in [0.2, 0.25) is 5.78 Å². The minimum atomic E-state index is -0.126. The van der Waals surface area contributed by atoms with Crippen LogP contribution < -0.4 is 4.74 Å². The molecule has 2 aliphatic rings. The molecule has 140 valence electrons. The number of aryl methyl sites for hydroxylation is 1. The first kappa shape index (κ1) is 17.8. The van der Waals surface area contributed by atoms with E-state index in [2.05, 4.69) is 11.8 Å². The summed E-state index contributed by atoms with van der Waals surface area (Å²) in [6.07, 6.45) is 5.35. The van der Waals surface area contributed by atoms with Crippen molar-refractivity contribution in [2.45, 2.75) is 45.7 Å². The Morgan fingerprint density at radius 2 is 2.11 bits per heavy atom. The van der Waals surface area contributed by atoms with Crippen LogP contribution in [0.3, 0.4) is 0 Å². The number of nitrogens with zero attached hydrogens (tertiary/aromatic N) is 1. The molecule has 1 atom stereocenters. The summed E-state index contributed by atoms with van der Waals surface area (Å²) >= 11 is 0. The van der Waals surface area contributed by atoms with Gasteiger partial charge in [-0.25, -0.2) is 0 Å². The van der Waals surface area contributed by atoms with Crippen LogP contribution in [0.25, 0.3) is 6.08 Å². The second kappa shape index (κ2) is 7.20. The molecule has 2 heterocycles. The topological polar surface area (TPSA) is 49.8 Å². The van der Waals surface area contributed by atoms with Gasteiger partial charge < -0.3 is 9.84 Å². The predicted molar refractivity (Wildman–Crippen MR) is 106 cm³/mol. The fourth-order valence-electron chi connectivity index (χ4n) is 3.96. The van der Waals surface area contributed by atoms with E-state index in [1.54, 1.807) is 18.2 Å². The number of phenolic OH excluding ortho intramolecular Hbond substituents is 1. The van der Waals surface area contributed by atoms with E-state index in [1.807, 2.05) is 31.2 Å². The Labute approximate surface area is 160 Å². The molecule has 4 nitrogen and oxygen atoms in total. The number of allylic oxidation sites excluding steroid dienone is 1. The first-order valence-electron chi connectivity index (χ1n) is 9.63. The first-order valence-corrected chi connectivity index (χ1v) is 9.63. The van der Waals surface area contributed by atoms with Crippen LogP contribution in [-0.4, -0.2) is 28.4 Å². The van der Waals surface area contributed by atoms with Crippen LogP contribution >= 0.6 is 0 Å². The van der Waals surface area contributed by atoms with Gasteiger partial charge in [0.25, 0.3) is 0 Å². The van der Waals surface area contributed by atoms with Crippen molar-refractivity contribution in [1.29, 1.82) is 0 Å². The van der Waals surface area contributed by atoms with Gasteiger partial charge in [0, 0.05) is 12.6 Å². The molecule has 0 amide bonds. The van der Waals surface area contributed by atoms with E-state index >= 15 is 0 Å². The molecule has 0 bridgehead atoms. The molecule has 1 fully saturated rings. The largest absolute Gasteiger partial charge is 0.507 e. The number of carbonyl (C=O) groups is 1. The van der Waals surface area contributed by atoms with Crippen LogP contribution in [0.2, 0.25) is 0 Å². The van der Waals surface area contributed by atoms with Crippen LogP contribution in [0.5, 0.6) is 11.5 Å². The smallest absolute Gasteiger partial charge is 0.231 e. The van der Waals surface area contributed by atoms with E-state index in [-0.39, 0.29) is 11.5 Å². The van der Waals surface area contributed by atoms with Crippen molar-refractivity contribution in [3.8, 4) is 11.5 Å². The van der Waals surface area contributed by atoms with Crippen molar-refractivity contribution in [3.05, 3.63) is 64.4 Å². The highest BCUT2D eigenvalue weighted by Gasteiger charge is 2.32. The normalized spacial score (nSPS) is 21.3. The number of hydrogen-bond acceptors (Lipinski definition) is 4. The monoisotopic (exact) mass is 363 g/mol. The lowest BCUT2D eigenvalue weighted by molar-refractivity contribution is 0.101. The number of Topliss-reactive ketones (excluding diaryl/α,β-unsaturated/α-hetero) is 1. The van der Waals surface area contributed by atoms with E-state index in [0.717, 1.165) is 24.1 Å². The number of phenols is 1. The Hall–Kier alpha value is -2.59. The number of rotatable bonds is 3. The molecule has 27 heavy (non-hydrogen) atoms. The zero-order valence-electron chi connectivity index (χ0n) is 15.9. The Kier molecular flexibility index (Phi) is 4.75. The van der Waals surface area contributed by atoms with Crippen LogP contribution in [-0.2, 0) is 6.54 Å². The maximum Gasteiger partial charge on any atom is 0.231 e. The molecule has 0 spiro atoms. The minimum Gasteiger partial charge on any atom is -0.507 e. The summed E-state index contributed by atoms with van der Waals surface area (Å²) in [6.45, 7) is 5.84. The highest BCUT2D eigenvalue weighted by molar-refractivity contribution is 6.15. The number of carbonyl (C=O) groups excluding carboxylic acids is 1. The molecule has 1 N–H and O–H groups in total. The van der Waals surface area contributed by atoms with Gasteiger partial charge in [-0.05, 0) is 57.0 Å². The zero-order valence-corrected chi connectivity index (χ0v) is 15.9. The highest BCUT2D eigenvalue weighted by atomic mass is 16.5. The summed E-state index contributed by atoms with van der Waals surface area (Å²) < 4.78 is 5.98. The summed E-state index contributed by atoms with van der Waals surface area (Å²) in [6, 6.07) is 11.7. The summed E-state index contributed by atoms with van der Waals surface area (Å²) in [7, 11) is 0. The number of ether oxygens (including phenoxy) is 1. The Bertz CT molecular complexity index is 916. The molecule has 0 saturated carbocycles. The standard InChI is InChI=1S/C23H25NO3/c1-15-6-5-8-17(12-15)13-21-22(26)18-9-10-20(25)19(23(18)27-21)14-24-11-4-3-7-16(24)2/h5-6,8-10,12-13,16,25H,3-4,7,11,14H2,1-2H3/b21-13-. The number of aromatic hydroxyl groups is 1. The fourth-order valence-corrected chi connectivity index (χ4v) is 3.96. The van der Waals surface area contributed by atoms with Crippen molar-refractivity contribution in [3.63, 3.8) is 0 Å². The molecular formula is C23H25NO3. The zero-order chi connectivity index (χ0) is 19.0. The van der Waals surface area contributed by atoms with E-state index in [0.29, 0.717) is 35.2 Å². The molecule has 1 saturated heterocycles. The van der Waals surface area contributed by atoms with Crippen molar-refractivity contribution in [1.82, 2.24) is 4.90 Å². The van der Waals surface area contributed by atoms with Gasteiger partial charge in [-0.3, -0.25) is 9.69 Å². The third-order valence-electron chi connectivity index (χ3n) is 5.56. The highest BCUT2D eigenvalue weighted by Crippen LogP contribution is 2.40. The third kappa shape index (κ3) is 3.50. The van der Waals surface area contributed by atoms with E-state index in [9.17, 15) is 9.90 Å². The predicted octanol–water partition coefficient (Wildman–Crippen LogP) is 4.69. The number of likely N-dealkylation sites (tertiary alicyclic amines) is 1. The molecule has 2 aliphatic heterocycles. The van der Waals surface area contributed by atoms with E-state index < -0.39 is 0 Å². The lowest BCUT2D eigenvalue weighted by Crippen LogP contribution is -2.36. The summed E-state index contributed by atoms with van der Waals surface area (Å²) in [5.74, 6) is 0.890. The molecule has 2 aromatic rings. The second-order valence-electron chi connectivity index (χ2n) is 7.61. The molecule has 0 aromatic heterocycles. The SMILES string of the molecule is Cc1cccc(/C=C2\Oc3c(ccc(O)c3CN3CCCCC3C)C2=O)c1. The van der Waals surface area contributed by atoms with Crippen molar-refractivity contribution in [2.24, 2.45) is 0 Å². The van der Waals surface area contributed by atoms with Crippen LogP contribution in [0.15, 0.2) is 42.2 Å². The Morgan fingerprint density at radius 3 is 2.89 bits per heavy atom. The number of hydrogen-bond donors (Lipinski definition) is 1. The average Bonchev–Trinajstić information content (AvgIpc) is 2.95. The van der Waals surface area contributed by atoms with Gasteiger partial charge in [0.15, 0.2) is 5.76 Å². The number of ketones is 1. The Morgan fingerprint density at radius 1 is 1.26 bits per heavy atom. The van der Waals surface area contributed by atoms with Gasteiger partial charge in [0.1, 0.15) is 11.5 Å². The number of benzene rings is 2.